The number of hydrogen-bond donors (Lipinski definition) is 2. The van der Waals surface area contributed by atoms with E-state index in [1.807, 2.05) is 0 Å². The van der Waals surface area contributed by atoms with Gasteiger partial charge >= 0.3 is 0 Å². The number of benzene rings is 2. The van der Waals surface area contributed by atoms with E-state index >= 15 is 0 Å². The number of nitrogens with zero attached hydrogens (tertiary/aromatic N) is 3. The van der Waals surface area contributed by atoms with Crippen molar-refractivity contribution in [1.29, 1.82) is 0 Å². The van der Waals surface area contributed by atoms with Crippen LogP contribution in [0, 0.1) is 0 Å². The number of aromatic nitrogens is 3. The minimum Gasteiger partial charge on any atom is -0.356 e. The molecule has 0 aliphatic heterocycles. The summed E-state index contributed by atoms with van der Waals surface area (Å²) in [6.45, 7) is 0. The molecule has 30 heavy (non-hydrogen) atoms. The first-order valence-corrected chi connectivity index (χ1v) is 11.7. The predicted molar refractivity (Wildman–Crippen MR) is 110 cm³/mol. The standard InChI is InChI=1S/C18H15N5O5S2/c24-29(25,12-16-15-4-1-2-5-17(15)28-21-16)22-13-6-8-14(9-7-13)30(26,27)23-18-19-10-3-11-20-18/h1-11,22H,12H2,(H,19,20,23). The van der Waals surface area contributed by atoms with Gasteiger partial charge in [0, 0.05) is 23.5 Å². The van der Waals surface area contributed by atoms with Gasteiger partial charge < -0.3 is 4.52 Å². The van der Waals surface area contributed by atoms with Crippen molar-refractivity contribution in [2.45, 2.75) is 10.6 Å². The number of rotatable bonds is 7. The van der Waals surface area contributed by atoms with Crippen LogP contribution in [-0.4, -0.2) is 32.0 Å². The van der Waals surface area contributed by atoms with Crippen LogP contribution in [0.15, 0.2) is 76.4 Å². The molecule has 0 fully saturated rings. The number of anilines is 2. The van der Waals surface area contributed by atoms with Crippen molar-refractivity contribution in [2.24, 2.45) is 0 Å². The number of fused-ring (bicyclic) bond motifs is 1. The van der Waals surface area contributed by atoms with Gasteiger partial charge in [0.1, 0.15) is 11.4 Å². The fourth-order valence-electron chi connectivity index (χ4n) is 2.67. The summed E-state index contributed by atoms with van der Waals surface area (Å²) in [6.07, 6.45) is 2.81. The van der Waals surface area contributed by atoms with E-state index in [0.29, 0.717) is 11.0 Å². The highest BCUT2D eigenvalue weighted by Crippen LogP contribution is 2.22. The Kier molecular flexibility index (Phi) is 5.10. The van der Waals surface area contributed by atoms with Crippen LogP contribution in [0.25, 0.3) is 11.0 Å². The highest BCUT2D eigenvalue weighted by molar-refractivity contribution is 7.92. The van der Waals surface area contributed by atoms with E-state index in [-0.39, 0.29) is 22.2 Å². The fourth-order valence-corrected chi connectivity index (χ4v) is 4.76. The number of sulfonamides is 2. The van der Waals surface area contributed by atoms with Gasteiger partial charge in [0.2, 0.25) is 16.0 Å². The molecule has 0 bridgehead atoms. The van der Waals surface area contributed by atoms with Crippen LogP contribution in [0.4, 0.5) is 11.6 Å². The van der Waals surface area contributed by atoms with Crippen LogP contribution in [0.3, 0.4) is 0 Å². The molecular weight excluding hydrogens is 430 g/mol. The van der Waals surface area contributed by atoms with Crippen molar-refractivity contribution in [3.05, 3.63) is 72.7 Å². The van der Waals surface area contributed by atoms with E-state index in [1.54, 1.807) is 30.3 Å². The average Bonchev–Trinajstić information content (AvgIpc) is 3.11. The van der Waals surface area contributed by atoms with Gasteiger partial charge in [-0.1, -0.05) is 17.3 Å². The van der Waals surface area contributed by atoms with Crippen LogP contribution < -0.4 is 9.44 Å². The van der Waals surface area contributed by atoms with Gasteiger partial charge in [-0.25, -0.2) is 31.5 Å². The van der Waals surface area contributed by atoms with Crippen LogP contribution in [0.2, 0.25) is 0 Å². The van der Waals surface area contributed by atoms with Gasteiger partial charge in [-0.05, 0) is 42.5 Å². The molecule has 0 saturated heterocycles. The highest BCUT2D eigenvalue weighted by Gasteiger charge is 2.19. The second-order valence-corrected chi connectivity index (χ2v) is 9.59. The SMILES string of the molecule is O=S(=O)(Cc1noc2ccccc12)Nc1ccc(S(=O)(=O)Nc2ncccn2)cc1. The zero-order valence-electron chi connectivity index (χ0n) is 15.3. The lowest BCUT2D eigenvalue weighted by Crippen LogP contribution is -2.16. The van der Waals surface area contributed by atoms with E-state index in [2.05, 4.69) is 24.6 Å². The Balaban J connectivity index is 1.48. The van der Waals surface area contributed by atoms with Gasteiger partial charge in [0.25, 0.3) is 10.0 Å². The molecule has 4 aromatic rings. The summed E-state index contributed by atoms with van der Waals surface area (Å²) in [5.74, 6) is -0.459. The van der Waals surface area contributed by atoms with Crippen molar-refractivity contribution in [3.63, 3.8) is 0 Å². The molecule has 0 saturated carbocycles. The van der Waals surface area contributed by atoms with E-state index in [9.17, 15) is 16.8 Å². The Morgan fingerprint density at radius 1 is 0.833 bits per heavy atom. The lowest BCUT2D eigenvalue weighted by molar-refractivity contribution is 0.448. The summed E-state index contributed by atoms with van der Waals surface area (Å²) in [7, 11) is -7.72. The molecule has 154 valence electrons. The Labute approximate surface area is 172 Å². The molecule has 2 heterocycles. The van der Waals surface area contributed by atoms with Gasteiger partial charge in [-0.3, -0.25) is 4.72 Å². The first kappa shape index (κ1) is 19.8. The predicted octanol–water partition coefficient (Wildman–Crippen LogP) is 2.36. The Morgan fingerprint density at radius 2 is 1.53 bits per heavy atom. The molecule has 0 aliphatic rings. The second kappa shape index (κ2) is 7.72. The van der Waals surface area contributed by atoms with E-state index in [4.69, 9.17) is 4.52 Å². The molecule has 0 spiro atoms. The molecule has 0 radical (unpaired) electrons. The molecular formula is C18H15N5O5S2. The third kappa shape index (κ3) is 4.39. The normalized spacial score (nSPS) is 12.0. The summed E-state index contributed by atoms with van der Waals surface area (Å²) < 4.78 is 59.5. The maximum absolute atomic E-state index is 12.5. The monoisotopic (exact) mass is 445 g/mol. The molecule has 0 unspecified atom stereocenters. The van der Waals surface area contributed by atoms with Gasteiger partial charge in [-0.2, -0.15) is 0 Å². The maximum Gasteiger partial charge on any atom is 0.264 e. The molecule has 0 amide bonds. The zero-order chi connectivity index (χ0) is 21.2. The Morgan fingerprint density at radius 3 is 2.27 bits per heavy atom. The van der Waals surface area contributed by atoms with Crippen LogP contribution in [-0.2, 0) is 25.8 Å². The summed E-state index contributed by atoms with van der Waals surface area (Å²) in [5, 5.41) is 4.42. The van der Waals surface area contributed by atoms with Crippen molar-refractivity contribution in [2.75, 3.05) is 9.44 Å². The van der Waals surface area contributed by atoms with Gasteiger partial charge in [0.15, 0.2) is 5.58 Å². The van der Waals surface area contributed by atoms with Crippen LogP contribution in [0.5, 0.6) is 0 Å². The van der Waals surface area contributed by atoms with E-state index < -0.39 is 25.8 Å². The summed E-state index contributed by atoms with van der Waals surface area (Å²) >= 11 is 0. The fraction of sp³-hybridized carbons (Fsp3) is 0.0556. The molecule has 2 N–H and O–H groups in total. The topological polar surface area (TPSA) is 144 Å². The van der Waals surface area contributed by atoms with Gasteiger partial charge in [0.05, 0.1) is 4.90 Å². The molecule has 0 atom stereocenters. The molecule has 0 aliphatic carbocycles. The second-order valence-electron chi connectivity index (χ2n) is 6.19. The molecule has 12 heteroatoms. The molecule has 4 rings (SSSR count). The first-order chi connectivity index (χ1) is 14.3. The lowest BCUT2D eigenvalue weighted by Gasteiger charge is -2.09. The first-order valence-electron chi connectivity index (χ1n) is 8.56. The van der Waals surface area contributed by atoms with Gasteiger partial charge in [-0.15, -0.1) is 0 Å². The van der Waals surface area contributed by atoms with Crippen molar-refractivity contribution in [1.82, 2.24) is 15.1 Å². The third-order valence-corrected chi connectivity index (χ3v) is 6.55. The largest absolute Gasteiger partial charge is 0.356 e. The van der Waals surface area contributed by atoms with Crippen molar-refractivity contribution in [3.8, 4) is 0 Å². The van der Waals surface area contributed by atoms with E-state index in [0.717, 1.165) is 0 Å². The highest BCUT2D eigenvalue weighted by atomic mass is 32.2. The number of para-hydroxylation sites is 1. The Hall–Kier alpha value is -3.51. The van der Waals surface area contributed by atoms with Crippen molar-refractivity contribution < 1.29 is 21.4 Å². The summed E-state index contributed by atoms with van der Waals surface area (Å²) in [5.41, 5.74) is 0.981. The van der Waals surface area contributed by atoms with Crippen molar-refractivity contribution >= 4 is 42.7 Å². The summed E-state index contributed by atoms with van der Waals surface area (Å²) in [4.78, 5) is 7.54. The minimum absolute atomic E-state index is 0.0675. The minimum atomic E-state index is -3.91. The lowest BCUT2D eigenvalue weighted by atomic mass is 10.2. The molecule has 2 aromatic carbocycles. The smallest absolute Gasteiger partial charge is 0.264 e. The molecule has 10 nitrogen and oxygen atoms in total. The van der Waals surface area contributed by atoms with Crippen LogP contribution >= 0.6 is 0 Å². The average molecular weight is 445 g/mol. The quantitative estimate of drug-likeness (QED) is 0.441. The maximum atomic E-state index is 12.5. The number of hydrogen-bond acceptors (Lipinski definition) is 8. The zero-order valence-corrected chi connectivity index (χ0v) is 16.9. The summed E-state index contributed by atoms with van der Waals surface area (Å²) in [6, 6.07) is 13.7. The number of nitrogens with one attached hydrogen (secondary N) is 2. The third-order valence-electron chi connectivity index (χ3n) is 4.01. The van der Waals surface area contributed by atoms with E-state index in [1.165, 1.54) is 36.7 Å². The Bertz CT molecular complexity index is 1390. The van der Waals surface area contributed by atoms with Crippen LogP contribution in [0.1, 0.15) is 5.69 Å². The molecule has 2 aromatic heterocycles.